The highest BCUT2D eigenvalue weighted by Crippen LogP contribution is 2.29. The van der Waals surface area contributed by atoms with Crippen molar-refractivity contribution in [2.24, 2.45) is 0 Å². The lowest BCUT2D eigenvalue weighted by atomic mass is 10.2. The van der Waals surface area contributed by atoms with Gasteiger partial charge in [0, 0.05) is 17.3 Å². The Kier molecular flexibility index (Phi) is 4.37. The molecule has 1 aromatic rings. The van der Waals surface area contributed by atoms with E-state index < -0.39 is 9.05 Å². The zero-order valence-electron chi connectivity index (χ0n) is 9.43. The molecule has 0 saturated carbocycles. The molecule has 0 aliphatic carbocycles. The molecule has 2 rings (SSSR count). The molecule has 0 amide bonds. The molecule has 1 heterocycles. The number of halogens is 2. The number of rotatable bonds is 4. The highest BCUT2D eigenvalue weighted by molar-refractivity contribution is 8.13. The summed E-state index contributed by atoms with van der Waals surface area (Å²) in [4.78, 5) is -0.0429. The first kappa shape index (κ1) is 13.9. The fourth-order valence-corrected chi connectivity index (χ4v) is 2.79. The van der Waals surface area contributed by atoms with Gasteiger partial charge in [-0.25, -0.2) is 8.42 Å². The summed E-state index contributed by atoms with van der Waals surface area (Å²) < 4.78 is 33.1. The Morgan fingerprint density at radius 1 is 1.44 bits per heavy atom. The third kappa shape index (κ3) is 3.51. The molecule has 0 radical (unpaired) electrons. The lowest BCUT2D eigenvalue weighted by Gasteiger charge is -2.12. The molecule has 4 nitrogen and oxygen atoms in total. The average molecular weight is 311 g/mol. The molecule has 0 spiro atoms. The molecular weight excluding hydrogens is 299 g/mol. The molecule has 1 fully saturated rings. The lowest BCUT2D eigenvalue weighted by molar-refractivity contribution is 0.0680. The third-order valence-electron chi connectivity index (χ3n) is 2.63. The van der Waals surface area contributed by atoms with Gasteiger partial charge >= 0.3 is 0 Å². The Morgan fingerprint density at radius 2 is 2.22 bits per heavy atom. The van der Waals surface area contributed by atoms with E-state index in [9.17, 15) is 8.42 Å². The van der Waals surface area contributed by atoms with Gasteiger partial charge in [0.2, 0.25) is 0 Å². The van der Waals surface area contributed by atoms with Gasteiger partial charge in [-0.2, -0.15) is 0 Å². The van der Waals surface area contributed by atoms with Gasteiger partial charge in [-0.3, -0.25) is 0 Å². The minimum atomic E-state index is -3.77. The summed E-state index contributed by atoms with van der Waals surface area (Å²) in [7, 11) is 1.45. The zero-order chi connectivity index (χ0) is 13.2. The van der Waals surface area contributed by atoms with Crippen molar-refractivity contribution in [3.05, 3.63) is 23.2 Å². The number of hydrogen-bond acceptors (Lipinski definition) is 4. The Labute approximate surface area is 115 Å². The van der Waals surface area contributed by atoms with Crippen LogP contribution >= 0.6 is 22.3 Å². The second kappa shape index (κ2) is 5.65. The number of hydrogen-bond donors (Lipinski definition) is 0. The lowest BCUT2D eigenvalue weighted by Crippen LogP contribution is -2.16. The Hall–Kier alpha value is -0.490. The highest BCUT2D eigenvalue weighted by atomic mass is 35.7. The van der Waals surface area contributed by atoms with Crippen LogP contribution in [0.5, 0.6) is 5.75 Å². The van der Waals surface area contributed by atoms with Gasteiger partial charge in [0.05, 0.1) is 16.0 Å². The van der Waals surface area contributed by atoms with Gasteiger partial charge in [0.1, 0.15) is 12.4 Å². The van der Waals surface area contributed by atoms with Crippen LogP contribution in [0.3, 0.4) is 0 Å². The predicted octanol–water partition coefficient (Wildman–Crippen LogP) is 2.83. The second-order valence-electron chi connectivity index (χ2n) is 3.98. The van der Waals surface area contributed by atoms with Crippen molar-refractivity contribution in [1.29, 1.82) is 0 Å². The number of benzene rings is 1. The van der Waals surface area contributed by atoms with Gasteiger partial charge in [-0.15, -0.1) is 0 Å². The van der Waals surface area contributed by atoms with Crippen LogP contribution in [-0.2, 0) is 13.8 Å². The van der Waals surface area contributed by atoms with Crippen LogP contribution in [0, 0.1) is 0 Å². The van der Waals surface area contributed by atoms with Crippen LogP contribution in [0.25, 0.3) is 0 Å². The molecule has 1 saturated heterocycles. The molecule has 0 aromatic heterocycles. The van der Waals surface area contributed by atoms with Crippen molar-refractivity contribution < 1.29 is 17.9 Å². The van der Waals surface area contributed by atoms with Gasteiger partial charge in [-0.1, -0.05) is 11.6 Å². The largest absolute Gasteiger partial charge is 0.489 e. The van der Waals surface area contributed by atoms with Gasteiger partial charge < -0.3 is 9.47 Å². The first-order valence-corrected chi connectivity index (χ1v) is 8.14. The molecule has 18 heavy (non-hydrogen) atoms. The van der Waals surface area contributed by atoms with Crippen LogP contribution in [0.2, 0.25) is 5.02 Å². The molecular formula is C11H12Cl2O4S. The Bertz CT molecular complexity index is 524. The van der Waals surface area contributed by atoms with Gasteiger partial charge in [-0.05, 0) is 31.0 Å². The van der Waals surface area contributed by atoms with Crippen LogP contribution in [0.15, 0.2) is 23.1 Å². The fraction of sp³-hybridized carbons (Fsp3) is 0.455. The Balaban J connectivity index is 2.05. The van der Waals surface area contributed by atoms with Crippen LogP contribution < -0.4 is 4.74 Å². The van der Waals surface area contributed by atoms with Crippen molar-refractivity contribution in [1.82, 2.24) is 0 Å². The van der Waals surface area contributed by atoms with Crippen molar-refractivity contribution >= 4 is 31.3 Å². The molecule has 7 heteroatoms. The maximum absolute atomic E-state index is 11.1. The van der Waals surface area contributed by atoms with E-state index in [1.54, 1.807) is 0 Å². The monoisotopic (exact) mass is 310 g/mol. The van der Waals surface area contributed by atoms with E-state index in [0.717, 1.165) is 19.4 Å². The quantitative estimate of drug-likeness (QED) is 0.802. The normalized spacial score (nSPS) is 20.0. The minimum absolute atomic E-state index is 0.0429. The average Bonchev–Trinajstić information content (AvgIpc) is 2.79. The standard InChI is InChI=1S/C11H12Cl2O4S/c12-10-6-9(18(13,14)15)3-4-11(10)17-7-8-2-1-5-16-8/h3-4,6,8H,1-2,5,7H2. The van der Waals surface area contributed by atoms with Crippen molar-refractivity contribution in [3.8, 4) is 5.75 Å². The maximum Gasteiger partial charge on any atom is 0.261 e. The van der Waals surface area contributed by atoms with Crippen molar-refractivity contribution in [2.45, 2.75) is 23.8 Å². The van der Waals surface area contributed by atoms with Crippen LogP contribution in [0.4, 0.5) is 0 Å². The smallest absolute Gasteiger partial charge is 0.261 e. The molecule has 0 N–H and O–H groups in total. The maximum atomic E-state index is 11.1. The SMILES string of the molecule is O=S(=O)(Cl)c1ccc(OCC2CCCO2)c(Cl)c1. The zero-order valence-corrected chi connectivity index (χ0v) is 11.8. The summed E-state index contributed by atoms with van der Waals surface area (Å²) in [6, 6.07) is 4.13. The summed E-state index contributed by atoms with van der Waals surface area (Å²) in [6.07, 6.45) is 2.08. The summed E-state index contributed by atoms with van der Waals surface area (Å²) in [5, 5.41) is 0.217. The highest BCUT2D eigenvalue weighted by Gasteiger charge is 2.17. The summed E-state index contributed by atoms with van der Waals surface area (Å²) in [6.45, 7) is 1.16. The van der Waals surface area contributed by atoms with E-state index in [4.69, 9.17) is 31.8 Å². The van der Waals surface area contributed by atoms with Gasteiger partial charge in [0.15, 0.2) is 0 Å². The molecule has 1 unspecified atom stereocenters. The van der Waals surface area contributed by atoms with E-state index in [2.05, 4.69) is 0 Å². The summed E-state index contributed by atoms with van der Waals surface area (Å²) >= 11 is 5.93. The first-order chi connectivity index (χ1) is 8.47. The van der Waals surface area contributed by atoms with E-state index in [1.807, 2.05) is 0 Å². The fourth-order valence-electron chi connectivity index (χ4n) is 1.71. The van der Waals surface area contributed by atoms with E-state index >= 15 is 0 Å². The van der Waals surface area contributed by atoms with Gasteiger partial charge in [0.25, 0.3) is 9.05 Å². The van der Waals surface area contributed by atoms with Crippen LogP contribution in [-0.4, -0.2) is 27.7 Å². The minimum Gasteiger partial charge on any atom is -0.489 e. The molecule has 1 aromatic carbocycles. The van der Waals surface area contributed by atoms with E-state index in [-0.39, 0.29) is 16.0 Å². The van der Waals surface area contributed by atoms with Crippen molar-refractivity contribution in [2.75, 3.05) is 13.2 Å². The molecule has 1 aliphatic heterocycles. The molecule has 1 atom stereocenters. The third-order valence-corrected chi connectivity index (χ3v) is 4.28. The van der Waals surface area contributed by atoms with E-state index in [1.165, 1.54) is 18.2 Å². The molecule has 100 valence electrons. The van der Waals surface area contributed by atoms with Crippen LogP contribution in [0.1, 0.15) is 12.8 Å². The Morgan fingerprint density at radius 3 is 2.78 bits per heavy atom. The van der Waals surface area contributed by atoms with E-state index in [0.29, 0.717) is 12.4 Å². The topological polar surface area (TPSA) is 52.6 Å². The second-order valence-corrected chi connectivity index (χ2v) is 6.95. The van der Waals surface area contributed by atoms with Crippen molar-refractivity contribution in [3.63, 3.8) is 0 Å². The first-order valence-electron chi connectivity index (χ1n) is 5.45. The predicted molar refractivity (Wildman–Crippen MR) is 69.0 cm³/mol. The molecule has 1 aliphatic rings. The summed E-state index contributed by atoms with van der Waals surface area (Å²) in [5.41, 5.74) is 0. The molecule has 0 bridgehead atoms. The summed E-state index contributed by atoms with van der Waals surface area (Å²) in [5.74, 6) is 0.427. The number of ether oxygens (including phenoxy) is 2.